The number of hydrogen-bond acceptors (Lipinski definition) is 2. The van der Waals surface area contributed by atoms with Crippen molar-refractivity contribution in [1.82, 2.24) is 0 Å². The molecule has 3 heteroatoms. The van der Waals surface area contributed by atoms with Gasteiger partial charge in [-0.05, 0) is 36.3 Å². The molecule has 1 saturated carbocycles. The van der Waals surface area contributed by atoms with Crippen LogP contribution in [0.1, 0.15) is 153 Å². The summed E-state index contributed by atoms with van der Waals surface area (Å²) in [6.45, 7) is 0. The molecule has 0 radical (unpaired) electrons. The van der Waals surface area contributed by atoms with E-state index in [9.17, 15) is 15.0 Å². The zero-order valence-corrected chi connectivity index (χ0v) is 24.2. The van der Waals surface area contributed by atoms with Crippen molar-refractivity contribution in [2.75, 3.05) is 0 Å². The Bertz CT molecular complexity index is 801. The van der Waals surface area contributed by atoms with Crippen molar-refractivity contribution in [2.45, 2.75) is 153 Å². The molecule has 0 amide bonds. The molecular weight excluding hydrogens is 468 g/mol. The quantitative estimate of drug-likeness (QED) is 0.413. The maximum atomic E-state index is 11.8. The van der Waals surface area contributed by atoms with Crippen molar-refractivity contribution < 1.29 is 15.0 Å². The molecule has 2 N–H and O–H groups in total. The number of hydrogen-bond donors (Lipinski definition) is 2. The molecule has 1 aromatic rings. The fourth-order valence-corrected chi connectivity index (χ4v) is 6.99. The van der Waals surface area contributed by atoms with Gasteiger partial charge in [0.15, 0.2) is 0 Å². The molecule has 3 aliphatic rings. The van der Waals surface area contributed by atoms with Crippen molar-refractivity contribution in [3.8, 4) is 0 Å². The van der Waals surface area contributed by atoms with Gasteiger partial charge in [0.1, 0.15) is 0 Å². The van der Waals surface area contributed by atoms with Crippen LogP contribution in [0.2, 0.25) is 0 Å². The zero-order chi connectivity index (χ0) is 26.9. The first kappa shape index (κ1) is 30.9. The Morgan fingerprint density at radius 3 is 1.53 bits per heavy atom. The van der Waals surface area contributed by atoms with E-state index < -0.39 is 11.6 Å². The number of rotatable bonds is 3. The van der Waals surface area contributed by atoms with Crippen LogP contribution in [0.25, 0.3) is 5.57 Å². The summed E-state index contributed by atoms with van der Waals surface area (Å²) in [6, 6.07) is 10.6. The van der Waals surface area contributed by atoms with Crippen molar-refractivity contribution in [3.05, 3.63) is 42.0 Å². The molecule has 214 valence electrons. The average molecular weight is 525 g/mol. The Morgan fingerprint density at radius 1 is 0.658 bits per heavy atom. The molecule has 2 bridgehead atoms. The second-order valence-corrected chi connectivity index (χ2v) is 12.5. The average Bonchev–Trinajstić information content (AvgIpc) is 2.90. The largest absolute Gasteiger partial charge is 0.481 e. The predicted octanol–water partition coefficient (Wildman–Crippen LogP) is 10.1. The zero-order valence-electron chi connectivity index (χ0n) is 24.2. The Morgan fingerprint density at radius 2 is 1.08 bits per heavy atom. The van der Waals surface area contributed by atoms with Gasteiger partial charge in [-0.2, -0.15) is 0 Å². The van der Waals surface area contributed by atoms with Gasteiger partial charge < -0.3 is 10.2 Å². The molecule has 1 fully saturated rings. The summed E-state index contributed by atoms with van der Waals surface area (Å²) in [7, 11) is 0. The standard InChI is InChI=1S/C35H56O3/c36-34(37)29-35(38)28-31-25-19-16-14-12-10-8-6-4-2-1-3-5-7-9-11-13-15-17-22-26-32(35)27-33(31)30-23-20-18-21-24-30/h18,20-21,23-24,27,31-32,38H,1-17,19,22,25-26,28-29H2,(H,36,37)/t31-,32-,35-/m1/s1. The molecule has 1 aromatic carbocycles. The third kappa shape index (κ3) is 11.2. The maximum Gasteiger partial charge on any atom is 0.306 e. The monoisotopic (exact) mass is 524 g/mol. The lowest BCUT2D eigenvalue weighted by molar-refractivity contribution is -0.145. The van der Waals surface area contributed by atoms with E-state index in [2.05, 4.69) is 36.4 Å². The van der Waals surface area contributed by atoms with Crippen LogP contribution in [-0.2, 0) is 4.79 Å². The summed E-state index contributed by atoms with van der Waals surface area (Å²) < 4.78 is 0. The van der Waals surface area contributed by atoms with E-state index in [1.807, 2.05) is 0 Å². The van der Waals surface area contributed by atoms with E-state index in [4.69, 9.17) is 0 Å². The summed E-state index contributed by atoms with van der Waals surface area (Å²) in [5.41, 5.74) is 1.45. The highest BCUT2D eigenvalue weighted by molar-refractivity contribution is 5.72. The number of carboxylic acids is 1. The minimum atomic E-state index is -1.14. The number of aliphatic hydroxyl groups is 1. The third-order valence-corrected chi connectivity index (χ3v) is 9.24. The van der Waals surface area contributed by atoms with Crippen LogP contribution in [0.4, 0.5) is 0 Å². The number of carbonyl (C=O) groups is 1. The van der Waals surface area contributed by atoms with Crippen molar-refractivity contribution in [1.29, 1.82) is 0 Å². The molecule has 3 nitrogen and oxygen atoms in total. The van der Waals surface area contributed by atoms with Crippen molar-refractivity contribution >= 4 is 11.5 Å². The minimum absolute atomic E-state index is 0.0838. The number of benzene rings is 1. The summed E-state index contributed by atoms with van der Waals surface area (Å²) in [6.07, 6.45) is 29.8. The summed E-state index contributed by atoms with van der Waals surface area (Å²) in [5.74, 6) is -0.733. The molecule has 3 atom stereocenters. The normalized spacial score (nSPS) is 28.5. The Balaban J connectivity index is 1.67. The molecule has 0 saturated heterocycles. The Labute approximate surface area is 233 Å². The molecule has 0 heterocycles. The smallest absolute Gasteiger partial charge is 0.306 e. The van der Waals surface area contributed by atoms with E-state index >= 15 is 0 Å². The number of allylic oxidation sites excluding steroid dienone is 1. The molecular formula is C35H56O3. The second kappa shape index (κ2) is 17.9. The first-order valence-electron chi connectivity index (χ1n) is 16.3. The van der Waals surface area contributed by atoms with Crippen molar-refractivity contribution in [3.63, 3.8) is 0 Å². The first-order chi connectivity index (χ1) is 18.6. The SMILES string of the molecule is O=C(O)C[C@]1(O)C[C@H]2CCCCCCCCCCCCCCCCCCCCC[C@@H]1C=C2c1ccccc1. The molecule has 38 heavy (non-hydrogen) atoms. The van der Waals surface area contributed by atoms with Crippen LogP contribution in [-0.4, -0.2) is 21.8 Å². The van der Waals surface area contributed by atoms with Crippen LogP contribution < -0.4 is 0 Å². The lowest BCUT2D eigenvalue weighted by Crippen LogP contribution is -2.44. The predicted molar refractivity (Wildman–Crippen MR) is 160 cm³/mol. The highest BCUT2D eigenvalue weighted by atomic mass is 16.4. The summed E-state index contributed by atoms with van der Waals surface area (Å²) >= 11 is 0. The highest BCUT2D eigenvalue weighted by Gasteiger charge is 2.43. The van der Waals surface area contributed by atoms with E-state index in [-0.39, 0.29) is 18.3 Å². The van der Waals surface area contributed by atoms with Gasteiger partial charge in [-0.15, -0.1) is 0 Å². The maximum absolute atomic E-state index is 11.8. The lowest BCUT2D eigenvalue weighted by atomic mass is 9.66. The van der Waals surface area contributed by atoms with Gasteiger partial charge in [0.05, 0.1) is 12.0 Å². The summed E-state index contributed by atoms with van der Waals surface area (Å²) in [5, 5.41) is 21.5. The third-order valence-electron chi connectivity index (χ3n) is 9.24. The van der Waals surface area contributed by atoms with Crippen LogP contribution in [0.5, 0.6) is 0 Å². The lowest BCUT2D eigenvalue weighted by Gasteiger charge is -2.42. The Kier molecular flexibility index (Phi) is 14.5. The van der Waals surface area contributed by atoms with Crippen molar-refractivity contribution in [2.24, 2.45) is 11.8 Å². The van der Waals surface area contributed by atoms with Gasteiger partial charge in [-0.3, -0.25) is 4.79 Å². The van der Waals surface area contributed by atoms with Gasteiger partial charge >= 0.3 is 5.97 Å². The topological polar surface area (TPSA) is 57.5 Å². The minimum Gasteiger partial charge on any atom is -0.481 e. The van der Waals surface area contributed by atoms with Crippen LogP contribution in [0.15, 0.2) is 36.4 Å². The van der Waals surface area contributed by atoms with Gasteiger partial charge in [-0.1, -0.05) is 158 Å². The molecule has 0 spiro atoms. The van der Waals surface area contributed by atoms with Gasteiger partial charge in [0.25, 0.3) is 0 Å². The van der Waals surface area contributed by atoms with E-state index in [0.29, 0.717) is 6.42 Å². The molecule has 3 aliphatic carbocycles. The number of carboxylic acid groups (broad SMARTS) is 1. The summed E-state index contributed by atoms with van der Waals surface area (Å²) in [4.78, 5) is 11.8. The van der Waals surface area contributed by atoms with E-state index in [0.717, 1.165) is 25.7 Å². The highest BCUT2D eigenvalue weighted by Crippen LogP contribution is 2.46. The molecule has 0 aliphatic heterocycles. The molecule has 4 rings (SSSR count). The van der Waals surface area contributed by atoms with Gasteiger partial charge in [0.2, 0.25) is 0 Å². The number of aliphatic carboxylic acids is 1. The van der Waals surface area contributed by atoms with E-state index in [1.165, 1.54) is 120 Å². The first-order valence-corrected chi connectivity index (χ1v) is 16.3. The fraction of sp³-hybridized carbons (Fsp3) is 0.743. The second-order valence-electron chi connectivity index (χ2n) is 12.5. The van der Waals surface area contributed by atoms with E-state index in [1.54, 1.807) is 0 Å². The Hall–Kier alpha value is -1.61. The van der Waals surface area contributed by atoms with Crippen LogP contribution in [0, 0.1) is 11.8 Å². The van der Waals surface area contributed by atoms with Crippen LogP contribution >= 0.6 is 0 Å². The number of fused-ring (bicyclic) bond motifs is 21. The molecule has 0 aromatic heterocycles. The van der Waals surface area contributed by atoms with Gasteiger partial charge in [0, 0.05) is 5.92 Å². The van der Waals surface area contributed by atoms with Crippen LogP contribution in [0.3, 0.4) is 0 Å². The van der Waals surface area contributed by atoms with Gasteiger partial charge in [-0.25, -0.2) is 0 Å². The molecule has 0 unspecified atom stereocenters. The fourth-order valence-electron chi connectivity index (χ4n) is 6.99.